The van der Waals surface area contributed by atoms with Crippen molar-refractivity contribution in [1.29, 1.82) is 0 Å². The van der Waals surface area contributed by atoms with Crippen LogP contribution in [0.25, 0.3) is 16.7 Å². The number of fused-ring (bicyclic) bond motifs is 1. The molecular weight excluding hydrogens is 272 g/mol. The van der Waals surface area contributed by atoms with Crippen LogP contribution in [-0.2, 0) is 4.74 Å². The van der Waals surface area contributed by atoms with Crippen LogP contribution < -0.4 is 5.43 Å². The van der Waals surface area contributed by atoms with Gasteiger partial charge in [0, 0.05) is 12.4 Å². The number of esters is 1. The molecule has 0 N–H and O–H groups in total. The van der Waals surface area contributed by atoms with Crippen molar-refractivity contribution in [2.45, 2.75) is 6.92 Å². The Bertz CT molecular complexity index is 850. The number of benzene rings is 1. The number of carbonyl (C=O) groups excluding carboxylic acids is 1. The van der Waals surface area contributed by atoms with Crippen LogP contribution in [0.2, 0.25) is 0 Å². The summed E-state index contributed by atoms with van der Waals surface area (Å²) in [6, 6.07) is 4.64. The normalized spacial score (nSPS) is 10.7. The number of hydrogen-bond donors (Lipinski definition) is 0. The summed E-state index contributed by atoms with van der Waals surface area (Å²) in [4.78, 5) is 28.1. The Morgan fingerprint density at radius 3 is 3.00 bits per heavy atom. The van der Waals surface area contributed by atoms with Crippen molar-refractivity contribution in [3.63, 3.8) is 0 Å². The molecule has 0 unspecified atom stereocenters. The number of aromatic nitrogens is 2. The predicted octanol–water partition coefficient (Wildman–Crippen LogP) is 2.16. The van der Waals surface area contributed by atoms with Gasteiger partial charge in [0.15, 0.2) is 0 Å². The average Bonchev–Trinajstić information content (AvgIpc) is 3.02. The van der Waals surface area contributed by atoms with Gasteiger partial charge in [-0.15, -0.1) is 0 Å². The molecule has 0 aliphatic heterocycles. The highest BCUT2D eigenvalue weighted by molar-refractivity contribution is 5.94. The molecule has 0 amide bonds. The van der Waals surface area contributed by atoms with Gasteiger partial charge >= 0.3 is 5.97 Å². The minimum Gasteiger partial charge on any atom is -0.462 e. The van der Waals surface area contributed by atoms with E-state index >= 15 is 0 Å². The Kier molecular flexibility index (Phi) is 3.27. The molecule has 0 spiro atoms. The molecule has 1 aromatic carbocycles. The molecule has 6 nitrogen and oxygen atoms in total. The van der Waals surface area contributed by atoms with Crippen LogP contribution in [0.4, 0.5) is 0 Å². The summed E-state index contributed by atoms with van der Waals surface area (Å²) >= 11 is 0. The molecule has 0 radical (unpaired) electrons. The Hall–Kier alpha value is -2.89. The molecule has 0 fully saturated rings. The Morgan fingerprint density at radius 2 is 2.29 bits per heavy atom. The summed E-state index contributed by atoms with van der Waals surface area (Å²) in [6.45, 7) is 2.00. The number of ether oxygens (including phenoxy) is 1. The standard InChI is InChI=1S/C15H12N2O4/c1-2-20-15(19)10-3-4-13-11(7-10)14(18)12(8-21-13)17-6-5-16-9-17/h3-9H,2H2,1H3. The van der Waals surface area contributed by atoms with Crippen LogP contribution in [0.3, 0.4) is 0 Å². The van der Waals surface area contributed by atoms with Crippen molar-refractivity contribution in [2.24, 2.45) is 0 Å². The molecule has 21 heavy (non-hydrogen) atoms. The average molecular weight is 284 g/mol. The topological polar surface area (TPSA) is 74.3 Å². The van der Waals surface area contributed by atoms with Gasteiger partial charge in [-0.25, -0.2) is 9.78 Å². The SMILES string of the molecule is CCOC(=O)c1ccc2occ(-n3ccnc3)c(=O)c2c1. The lowest BCUT2D eigenvalue weighted by atomic mass is 10.1. The molecule has 3 aromatic rings. The number of imidazole rings is 1. The lowest BCUT2D eigenvalue weighted by Crippen LogP contribution is -2.11. The van der Waals surface area contributed by atoms with E-state index in [4.69, 9.17) is 9.15 Å². The molecular formula is C15H12N2O4. The molecule has 0 aliphatic carbocycles. The van der Waals surface area contributed by atoms with Crippen molar-refractivity contribution in [3.8, 4) is 5.69 Å². The van der Waals surface area contributed by atoms with Crippen molar-refractivity contribution < 1.29 is 13.9 Å². The molecule has 0 aliphatic rings. The van der Waals surface area contributed by atoms with Gasteiger partial charge in [-0.05, 0) is 25.1 Å². The van der Waals surface area contributed by atoms with Crippen molar-refractivity contribution in [2.75, 3.05) is 6.61 Å². The highest BCUT2D eigenvalue weighted by atomic mass is 16.5. The maximum atomic E-state index is 12.5. The van der Waals surface area contributed by atoms with E-state index in [9.17, 15) is 9.59 Å². The van der Waals surface area contributed by atoms with Crippen LogP contribution in [0.1, 0.15) is 17.3 Å². The van der Waals surface area contributed by atoms with Gasteiger partial charge in [0.05, 0.1) is 23.9 Å². The molecule has 3 rings (SSSR count). The van der Waals surface area contributed by atoms with Gasteiger partial charge in [0.25, 0.3) is 0 Å². The van der Waals surface area contributed by atoms with Gasteiger partial charge < -0.3 is 13.7 Å². The van der Waals surface area contributed by atoms with Crippen molar-refractivity contribution >= 4 is 16.9 Å². The molecule has 106 valence electrons. The third-order valence-corrected chi connectivity index (χ3v) is 3.05. The third-order valence-electron chi connectivity index (χ3n) is 3.05. The Labute approximate surface area is 119 Å². The van der Waals surface area contributed by atoms with Crippen LogP contribution in [0, 0.1) is 0 Å². The number of rotatable bonds is 3. The zero-order chi connectivity index (χ0) is 14.8. The van der Waals surface area contributed by atoms with Crippen molar-refractivity contribution in [3.05, 3.63) is 59.0 Å². The maximum absolute atomic E-state index is 12.5. The first-order valence-corrected chi connectivity index (χ1v) is 6.41. The van der Waals surface area contributed by atoms with E-state index in [-0.39, 0.29) is 12.0 Å². The first-order valence-electron chi connectivity index (χ1n) is 6.41. The first-order chi connectivity index (χ1) is 10.2. The largest absolute Gasteiger partial charge is 0.462 e. The lowest BCUT2D eigenvalue weighted by Gasteiger charge is -2.05. The zero-order valence-corrected chi connectivity index (χ0v) is 11.3. The molecule has 6 heteroatoms. The number of hydrogen-bond acceptors (Lipinski definition) is 5. The van der Waals surface area contributed by atoms with Crippen LogP contribution >= 0.6 is 0 Å². The van der Waals surface area contributed by atoms with Gasteiger partial charge in [-0.2, -0.15) is 0 Å². The summed E-state index contributed by atoms with van der Waals surface area (Å²) in [5.74, 6) is -0.466. The van der Waals surface area contributed by atoms with Gasteiger partial charge in [-0.3, -0.25) is 4.79 Å². The molecule has 2 aromatic heterocycles. The predicted molar refractivity (Wildman–Crippen MR) is 75.6 cm³/mol. The lowest BCUT2D eigenvalue weighted by molar-refractivity contribution is 0.0526. The van der Waals surface area contributed by atoms with E-state index in [1.165, 1.54) is 18.7 Å². The second-order valence-electron chi connectivity index (χ2n) is 4.35. The van der Waals surface area contributed by atoms with Crippen molar-refractivity contribution in [1.82, 2.24) is 9.55 Å². The minimum absolute atomic E-state index is 0.236. The molecule has 2 heterocycles. The highest BCUT2D eigenvalue weighted by Crippen LogP contribution is 2.16. The van der Waals surface area contributed by atoms with E-state index in [2.05, 4.69) is 4.98 Å². The second-order valence-corrected chi connectivity index (χ2v) is 4.35. The summed E-state index contributed by atoms with van der Waals surface area (Å²) in [7, 11) is 0. The van der Waals surface area contributed by atoms with Crippen LogP contribution in [0.5, 0.6) is 0 Å². The van der Waals surface area contributed by atoms with E-state index in [1.54, 1.807) is 36.0 Å². The number of carbonyl (C=O) groups is 1. The van der Waals surface area contributed by atoms with Gasteiger partial charge in [-0.1, -0.05) is 0 Å². The summed E-state index contributed by atoms with van der Waals surface area (Å²) < 4.78 is 11.9. The van der Waals surface area contributed by atoms with Gasteiger partial charge in [0.1, 0.15) is 17.5 Å². The van der Waals surface area contributed by atoms with E-state index in [0.29, 0.717) is 22.2 Å². The molecule has 0 saturated heterocycles. The summed E-state index contributed by atoms with van der Waals surface area (Å²) in [6.07, 6.45) is 6.09. The van der Waals surface area contributed by atoms with E-state index in [1.807, 2.05) is 0 Å². The second kappa shape index (κ2) is 5.24. The van der Waals surface area contributed by atoms with Crippen LogP contribution in [0.15, 0.2) is 52.4 Å². The zero-order valence-electron chi connectivity index (χ0n) is 11.3. The fraction of sp³-hybridized carbons (Fsp3) is 0.133. The Morgan fingerprint density at radius 1 is 1.43 bits per heavy atom. The maximum Gasteiger partial charge on any atom is 0.338 e. The first kappa shape index (κ1) is 13.1. The summed E-state index contributed by atoms with van der Waals surface area (Å²) in [5.41, 5.74) is 0.831. The van der Waals surface area contributed by atoms with E-state index < -0.39 is 5.97 Å². The highest BCUT2D eigenvalue weighted by Gasteiger charge is 2.12. The minimum atomic E-state index is -0.466. The molecule has 0 atom stereocenters. The van der Waals surface area contributed by atoms with Gasteiger partial charge in [0.2, 0.25) is 5.43 Å². The van der Waals surface area contributed by atoms with Crippen LogP contribution in [-0.4, -0.2) is 22.1 Å². The number of nitrogens with zero attached hydrogens (tertiary/aromatic N) is 2. The molecule has 0 bridgehead atoms. The monoisotopic (exact) mass is 284 g/mol. The quantitative estimate of drug-likeness (QED) is 0.689. The Balaban J connectivity index is 2.17. The fourth-order valence-corrected chi connectivity index (χ4v) is 2.04. The molecule has 0 saturated carbocycles. The summed E-state index contributed by atoms with van der Waals surface area (Å²) in [5, 5.41) is 0.326. The fourth-order valence-electron chi connectivity index (χ4n) is 2.04. The van der Waals surface area contributed by atoms with E-state index in [0.717, 1.165) is 0 Å². The smallest absolute Gasteiger partial charge is 0.338 e. The third kappa shape index (κ3) is 2.31.